The smallest absolute Gasteiger partial charge is 0.220 e. The second-order valence-electron chi connectivity index (χ2n) is 6.18. The fourth-order valence-electron chi connectivity index (χ4n) is 3.28. The van der Waals surface area contributed by atoms with Crippen molar-refractivity contribution in [1.82, 2.24) is 10.6 Å². The summed E-state index contributed by atoms with van der Waals surface area (Å²) in [6.45, 7) is 7.32. The first-order valence-corrected chi connectivity index (χ1v) is 7.78. The first kappa shape index (κ1) is 14.8. The quantitative estimate of drug-likeness (QED) is 0.798. The lowest BCUT2D eigenvalue weighted by Gasteiger charge is -2.28. The molecule has 4 nitrogen and oxygen atoms in total. The topological polar surface area (TPSA) is 50.4 Å². The number of hydrogen-bond acceptors (Lipinski definition) is 3. The van der Waals surface area contributed by atoms with Gasteiger partial charge in [-0.3, -0.25) is 4.79 Å². The molecule has 2 aliphatic heterocycles. The van der Waals surface area contributed by atoms with Crippen LogP contribution < -0.4 is 10.6 Å². The van der Waals surface area contributed by atoms with E-state index < -0.39 is 0 Å². The fourth-order valence-corrected chi connectivity index (χ4v) is 3.28. The molecule has 19 heavy (non-hydrogen) atoms. The van der Waals surface area contributed by atoms with Crippen molar-refractivity contribution in [2.75, 3.05) is 19.7 Å². The van der Waals surface area contributed by atoms with Crippen LogP contribution in [0.25, 0.3) is 0 Å². The van der Waals surface area contributed by atoms with Crippen molar-refractivity contribution in [1.29, 1.82) is 0 Å². The summed E-state index contributed by atoms with van der Waals surface area (Å²) in [4.78, 5) is 12.1. The molecule has 0 spiro atoms. The Bertz CT molecular complexity index is 284. The molecule has 2 N–H and O–H groups in total. The maximum Gasteiger partial charge on any atom is 0.220 e. The van der Waals surface area contributed by atoms with E-state index in [1.165, 1.54) is 12.8 Å². The molecule has 2 rings (SSSR count). The van der Waals surface area contributed by atoms with Crippen LogP contribution in [-0.2, 0) is 9.53 Å². The van der Waals surface area contributed by atoms with Crippen LogP contribution in [0.2, 0.25) is 0 Å². The van der Waals surface area contributed by atoms with Gasteiger partial charge in [0.1, 0.15) is 0 Å². The van der Waals surface area contributed by atoms with Crippen LogP contribution in [0.1, 0.15) is 46.0 Å². The van der Waals surface area contributed by atoms with E-state index in [-0.39, 0.29) is 18.1 Å². The number of carbonyl (C=O) groups excluding carboxylic acids is 1. The Morgan fingerprint density at radius 3 is 2.68 bits per heavy atom. The summed E-state index contributed by atoms with van der Waals surface area (Å²) >= 11 is 0. The summed E-state index contributed by atoms with van der Waals surface area (Å²) in [5.41, 5.74) is 0. The molecule has 3 unspecified atom stereocenters. The molecule has 0 saturated carbocycles. The lowest BCUT2D eigenvalue weighted by molar-refractivity contribution is -0.123. The number of hydrogen-bond donors (Lipinski definition) is 2. The largest absolute Gasteiger partial charge is 0.376 e. The maximum atomic E-state index is 12.1. The summed E-state index contributed by atoms with van der Waals surface area (Å²) in [5, 5.41) is 6.49. The van der Waals surface area contributed by atoms with Gasteiger partial charge in [-0.1, -0.05) is 6.92 Å². The van der Waals surface area contributed by atoms with E-state index in [1.807, 2.05) is 0 Å². The third kappa shape index (κ3) is 4.46. The summed E-state index contributed by atoms with van der Waals surface area (Å²) in [5.74, 6) is 1.37. The maximum absolute atomic E-state index is 12.1. The molecule has 0 aliphatic carbocycles. The first-order valence-electron chi connectivity index (χ1n) is 7.78. The number of carbonyl (C=O) groups is 1. The van der Waals surface area contributed by atoms with E-state index in [0.717, 1.165) is 32.5 Å². The van der Waals surface area contributed by atoms with Crippen molar-refractivity contribution in [3.8, 4) is 0 Å². The summed E-state index contributed by atoms with van der Waals surface area (Å²) in [6.07, 6.45) is 5.48. The lowest BCUT2D eigenvalue weighted by Crippen LogP contribution is -2.42. The highest BCUT2D eigenvalue weighted by Gasteiger charge is 2.26. The Labute approximate surface area is 116 Å². The van der Waals surface area contributed by atoms with Gasteiger partial charge < -0.3 is 15.4 Å². The molecule has 1 amide bonds. The van der Waals surface area contributed by atoms with Gasteiger partial charge in [-0.2, -0.15) is 0 Å². The standard InChI is InChI=1S/C15H28N2O2/c1-11(13-5-7-16-8-6-13)10-15(18)17-12(2)14-4-3-9-19-14/h11-14,16H,3-10H2,1-2H3,(H,17,18). The molecule has 3 atom stereocenters. The Hall–Kier alpha value is -0.610. The van der Waals surface area contributed by atoms with Gasteiger partial charge in [0.15, 0.2) is 0 Å². The fraction of sp³-hybridized carbons (Fsp3) is 0.933. The molecule has 0 bridgehead atoms. The highest BCUT2D eigenvalue weighted by Crippen LogP contribution is 2.24. The molecule has 110 valence electrons. The Morgan fingerprint density at radius 1 is 1.32 bits per heavy atom. The van der Waals surface area contributed by atoms with E-state index in [4.69, 9.17) is 4.74 Å². The summed E-state index contributed by atoms with van der Waals surface area (Å²) < 4.78 is 5.61. The lowest BCUT2D eigenvalue weighted by atomic mass is 9.84. The second-order valence-corrected chi connectivity index (χ2v) is 6.18. The van der Waals surface area contributed by atoms with Crippen molar-refractivity contribution in [2.24, 2.45) is 11.8 Å². The highest BCUT2D eigenvalue weighted by molar-refractivity contribution is 5.76. The molecule has 2 aliphatic rings. The molecule has 4 heteroatoms. The van der Waals surface area contributed by atoms with Crippen molar-refractivity contribution in [2.45, 2.75) is 58.1 Å². The van der Waals surface area contributed by atoms with Gasteiger partial charge in [-0.05, 0) is 57.5 Å². The zero-order valence-corrected chi connectivity index (χ0v) is 12.3. The Morgan fingerprint density at radius 2 is 2.05 bits per heavy atom. The van der Waals surface area contributed by atoms with Gasteiger partial charge >= 0.3 is 0 Å². The monoisotopic (exact) mass is 268 g/mol. The van der Waals surface area contributed by atoms with Crippen LogP contribution >= 0.6 is 0 Å². The van der Waals surface area contributed by atoms with Gasteiger partial charge in [0, 0.05) is 13.0 Å². The van der Waals surface area contributed by atoms with Crippen LogP contribution in [0, 0.1) is 11.8 Å². The number of amides is 1. The zero-order valence-electron chi connectivity index (χ0n) is 12.3. The number of ether oxygens (including phenoxy) is 1. The molecule has 2 heterocycles. The number of rotatable bonds is 5. The highest BCUT2D eigenvalue weighted by atomic mass is 16.5. The van der Waals surface area contributed by atoms with E-state index in [1.54, 1.807) is 0 Å². The Kier molecular flexibility index (Phi) is 5.64. The SMILES string of the molecule is CC(CC(=O)NC(C)C1CCCO1)C1CCNCC1. The molecule has 0 aromatic rings. The average Bonchev–Trinajstić information content (AvgIpc) is 2.93. The van der Waals surface area contributed by atoms with Gasteiger partial charge in [-0.25, -0.2) is 0 Å². The van der Waals surface area contributed by atoms with Crippen molar-refractivity contribution in [3.63, 3.8) is 0 Å². The van der Waals surface area contributed by atoms with Crippen LogP contribution in [0.4, 0.5) is 0 Å². The molecular formula is C15H28N2O2. The van der Waals surface area contributed by atoms with Crippen molar-refractivity contribution in [3.05, 3.63) is 0 Å². The van der Waals surface area contributed by atoms with Gasteiger partial charge in [-0.15, -0.1) is 0 Å². The minimum atomic E-state index is 0.148. The van der Waals surface area contributed by atoms with Gasteiger partial charge in [0.05, 0.1) is 12.1 Å². The summed E-state index contributed by atoms with van der Waals surface area (Å²) in [6, 6.07) is 0.148. The molecular weight excluding hydrogens is 240 g/mol. The molecule has 2 fully saturated rings. The molecule has 2 saturated heterocycles. The number of nitrogens with one attached hydrogen (secondary N) is 2. The minimum Gasteiger partial charge on any atom is -0.376 e. The number of piperidine rings is 1. The van der Waals surface area contributed by atoms with E-state index in [2.05, 4.69) is 24.5 Å². The summed E-state index contributed by atoms with van der Waals surface area (Å²) in [7, 11) is 0. The third-order valence-electron chi connectivity index (χ3n) is 4.61. The predicted octanol–water partition coefficient (Wildman–Crippen LogP) is 1.70. The molecule has 0 aromatic carbocycles. The first-order chi connectivity index (χ1) is 9.16. The van der Waals surface area contributed by atoms with Crippen molar-refractivity contribution >= 4 is 5.91 Å². The van der Waals surface area contributed by atoms with E-state index in [9.17, 15) is 4.79 Å². The normalized spacial score (nSPS) is 28.0. The van der Waals surface area contributed by atoms with Crippen LogP contribution in [0.3, 0.4) is 0 Å². The van der Waals surface area contributed by atoms with E-state index >= 15 is 0 Å². The van der Waals surface area contributed by atoms with Crippen LogP contribution in [-0.4, -0.2) is 37.7 Å². The minimum absolute atomic E-state index is 0.148. The zero-order chi connectivity index (χ0) is 13.7. The third-order valence-corrected chi connectivity index (χ3v) is 4.61. The second kappa shape index (κ2) is 7.25. The van der Waals surface area contributed by atoms with Gasteiger partial charge in [0.2, 0.25) is 5.91 Å². The van der Waals surface area contributed by atoms with Gasteiger partial charge in [0.25, 0.3) is 0 Å². The molecule has 0 aromatic heterocycles. The van der Waals surface area contributed by atoms with E-state index in [0.29, 0.717) is 18.3 Å². The molecule has 0 radical (unpaired) electrons. The average molecular weight is 268 g/mol. The predicted molar refractivity (Wildman–Crippen MR) is 76.0 cm³/mol. The van der Waals surface area contributed by atoms with Crippen molar-refractivity contribution < 1.29 is 9.53 Å². The Balaban J connectivity index is 1.70. The van der Waals surface area contributed by atoms with Crippen LogP contribution in [0.5, 0.6) is 0 Å². The van der Waals surface area contributed by atoms with Crippen LogP contribution in [0.15, 0.2) is 0 Å².